The van der Waals surface area contributed by atoms with Crippen LogP contribution in [0.5, 0.6) is 0 Å². The highest BCUT2D eigenvalue weighted by Crippen LogP contribution is 2.34. The van der Waals surface area contributed by atoms with Crippen LogP contribution in [0, 0.1) is 0 Å². The number of sulfone groups is 1. The predicted molar refractivity (Wildman–Crippen MR) is 58.5 cm³/mol. The Kier molecular flexibility index (Phi) is 3.22. The molecule has 0 N–H and O–H groups in total. The SMILES string of the molecule is CCCCS(=O)(=O)Cc1nnnn1C1CC1. The van der Waals surface area contributed by atoms with Gasteiger partial charge < -0.3 is 0 Å². The minimum atomic E-state index is -3.06. The Morgan fingerprint density at radius 1 is 1.44 bits per heavy atom. The Hall–Kier alpha value is -0.980. The first-order valence-electron chi connectivity index (χ1n) is 5.59. The molecule has 0 saturated heterocycles. The van der Waals surface area contributed by atoms with Crippen molar-refractivity contribution in [2.45, 2.75) is 44.4 Å². The number of rotatable bonds is 6. The van der Waals surface area contributed by atoms with Crippen LogP contribution in [-0.4, -0.2) is 34.4 Å². The minimum Gasteiger partial charge on any atom is -0.228 e. The van der Waals surface area contributed by atoms with Gasteiger partial charge in [-0.15, -0.1) is 5.10 Å². The number of hydrogen-bond acceptors (Lipinski definition) is 5. The molecule has 0 atom stereocenters. The van der Waals surface area contributed by atoms with Gasteiger partial charge in [-0.3, -0.25) is 0 Å². The third-order valence-corrected chi connectivity index (χ3v) is 4.22. The molecule has 6 nitrogen and oxygen atoms in total. The van der Waals surface area contributed by atoms with E-state index < -0.39 is 9.84 Å². The van der Waals surface area contributed by atoms with Crippen molar-refractivity contribution in [2.75, 3.05) is 5.75 Å². The smallest absolute Gasteiger partial charge is 0.166 e. The van der Waals surface area contributed by atoms with E-state index in [4.69, 9.17) is 0 Å². The van der Waals surface area contributed by atoms with Crippen molar-refractivity contribution >= 4 is 9.84 Å². The van der Waals surface area contributed by atoms with Crippen LogP contribution in [0.2, 0.25) is 0 Å². The van der Waals surface area contributed by atoms with E-state index in [0.29, 0.717) is 18.3 Å². The molecule has 90 valence electrons. The third kappa shape index (κ3) is 2.78. The van der Waals surface area contributed by atoms with Gasteiger partial charge in [-0.2, -0.15) is 0 Å². The Balaban J connectivity index is 2.05. The number of nitrogens with zero attached hydrogens (tertiary/aromatic N) is 4. The Morgan fingerprint density at radius 2 is 2.19 bits per heavy atom. The molecule has 2 rings (SSSR count). The summed E-state index contributed by atoms with van der Waals surface area (Å²) in [5.41, 5.74) is 0. The van der Waals surface area contributed by atoms with Crippen molar-refractivity contribution < 1.29 is 8.42 Å². The van der Waals surface area contributed by atoms with Gasteiger partial charge in [0.25, 0.3) is 0 Å². The maximum atomic E-state index is 11.7. The van der Waals surface area contributed by atoms with Crippen LogP contribution in [0.3, 0.4) is 0 Å². The van der Waals surface area contributed by atoms with Gasteiger partial charge in [0.2, 0.25) is 0 Å². The summed E-state index contributed by atoms with van der Waals surface area (Å²) in [7, 11) is -3.06. The lowest BCUT2D eigenvalue weighted by atomic mass is 10.4. The zero-order valence-electron chi connectivity index (χ0n) is 9.33. The van der Waals surface area contributed by atoms with Crippen LogP contribution in [0.15, 0.2) is 0 Å². The van der Waals surface area contributed by atoms with Gasteiger partial charge in [0.1, 0.15) is 5.75 Å². The highest BCUT2D eigenvalue weighted by atomic mass is 32.2. The summed E-state index contributed by atoms with van der Waals surface area (Å²) in [6.07, 6.45) is 3.68. The molecule has 1 aromatic heterocycles. The van der Waals surface area contributed by atoms with Gasteiger partial charge in [0, 0.05) is 0 Å². The lowest BCUT2D eigenvalue weighted by Gasteiger charge is -2.03. The molecule has 0 amide bonds. The average molecular weight is 244 g/mol. The summed E-state index contributed by atoms with van der Waals surface area (Å²) >= 11 is 0. The van der Waals surface area contributed by atoms with E-state index in [1.165, 1.54) is 0 Å². The van der Waals surface area contributed by atoms with Crippen LogP contribution in [0.25, 0.3) is 0 Å². The van der Waals surface area contributed by atoms with E-state index in [9.17, 15) is 8.42 Å². The molecule has 0 aliphatic heterocycles. The summed E-state index contributed by atoms with van der Waals surface area (Å²) in [6, 6.07) is 0.325. The zero-order chi connectivity index (χ0) is 11.6. The molecule has 0 unspecified atom stereocenters. The molecule has 0 spiro atoms. The number of aromatic nitrogens is 4. The fourth-order valence-corrected chi connectivity index (χ4v) is 3.00. The number of unbranched alkanes of at least 4 members (excludes halogenated alkanes) is 1. The first-order chi connectivity index (χ1) is 7.62. The van der Waals surface area contributed by atoms with Gasteiger partial charge in [-0.05, 0) is 29.7 Å². The van der Waals surface area contributed by atoms with E-state index in [1.54, 1.807) is 4.68 Å². The Morgan fingerprint density at radius 3 is 2.81 bits per heavy atom. The topological polar surface area (TPSA) is 77.7 Å². The first-order valence-corrected chi connectivity index (χ1v) is 7.41. The molecular formula is C9H16N4O2S. The Bertz CT molecular complexity index is 450. The molecule has 1 saturated carbocycles. The molecule has 1 fully saturated rings. The minimum absolute atomic E-state index is 0.0313. The van der Waals surface area contributed by atoms with Crippen molar-refractivity contribution in [3.8, 4) is 0 Å². The standard InChI is InChI=1S/C9H16N4O2S/c1-2-3-6-16(14,15)7-9-10-11-12-13(9)8-4-5-8/h8H,2-7H2,1H3. The molecule has 0 aromatic carbocycles. The summed E-state index contributed by atoms with van der Waals surface area (Å²) in [4.78, 5) is 0. The summed E-state index contributed by atoms with van der Waals surface area (Å²) < 4.78 is 25.1. The van der Waals surface area contributed by atoms with Crippen molar-refractivity contribution in [1.82, 2.24) is 20.2 Å². The van der Waals surface area contributed by atoms with Crippen LogP contribution < -0.4 is 0 Å². The highest BCUT2D eigenvalue weighted by Gasteiger charge is 2.29. The molecule has 1 aromatic rings. The predicted octanol–water partition coefficient (Wildman–Crippen LogP) is 0.723. The lowest BCUT2D eigenvalue weighted by Crippen LogP contribution is -2.14. The van der Waals surface area contributed by atoms with Crippen molar-refractivity contribution in [3.05, 3.63) is 5.82 Å². The maximum absolute atomic E-state index is 11.7. The fourth-order valence-electron chi connectivity index (χ4n) is 1.54. The number of tetrazole rings is 1. The average Bonchev–Trinajstić information content (AvgIpc) is 2.98. The monoisotopic (exact) mass is 244 g/mol. The Labute approximate surface area is 95.0 Å². The van der Waals surface area contributed by atoms with E-state index >= 15 is 0 Å². The molecule has 7 heteroatoms. The van der Waals surface area contributed by atoms with Crippen LogP contribution >= 0.6 is 0 Å². The molecule has 1 aliphatic carbocycles. The third-order valence-electron chi connectivity index (χ3n) is 2.61. The molecular weight excluding hydrogens is 228 g/mol. The number of hydrogen-bond donors (Lipinski definition) is 0. The second kappa shape index (κ2) is 4.48. The molecule has 0 bridgehead atoms. The van der Waals surface area contributed by atoms with E-state index in [0.717, 1.165) is 19.3 Å². The summed E-state index contributed by atoms with van der Waals surface area (Å²) in [6.45, 7) is 1.98. The molecule has 0 radical (unpaired) electrons. The molecule has 1 heterocycles. The second-order valence-electron chi connectivity index (χ2n) is 4.22. The van der Waals surface area contributed by atoms with Crippen molar-refractivity contribution in [3.63, 3.8) is 0 Å². The van der Waals surface area contributed by atoms with Crippen molar-refractivity contribution in [1.29, 1.82) is 0 Å². The molecule has 16 heavy (non-hydrogen) atoms. The summed E-state index contributed by atoms with van der Waals surface area (Å²) in [5.74, 6) is 0.677. The van der Waals surface area contributed by atoms with E-state index in [2.05, 4.69) is 15.5 Å². The summed E-state index contributed by atoms with van der Waals surface area (Å²) in [5, 5.41) is 11.2. The van der Waals surface area contributed by atoms with E-state index in [-0.39, 0.29) is 11.5 Å². The van der Waals surface area contributed by atoms with Gasteiger partial charge in [0.05, 0.1) is 11.8 Å². The lowest BCUT2D eigenvalue weighted by molar-refractivity contribution is 0.572. The van der Waals surface area contributed by atoms with Gasteiger partial charge in [-0.1, -0.05) is 13.3 Å². The zero-order valence-corrected chi connectivity index (χ0v) is 10.2. The van der Waals surface area contributed by atoms with Gasteiger partial charge in [-0.25, -0.2) is 13.1 Å². The molecule has 1 aliphatic rings. The highest BCUT2D eigenvalue weighted by molar-refractivity contribution is 7.90. The van der Waals surface area contributed by atoms with Crippen LogP contribution in [-0.2, 0) is 15.6 Å². The fraction of sp³-hybridized carbons (Fsp3) is 0.889. The van der Waals surface area contributed by atoms with Crippen LogP contribution in [0.4, 0.5) is 0 Å². The normalized spacial score (nSPS) is 16.6. The quantitative estimate of drug-likeness (QED) is 0.737. The first kappa shape index (κ1) is 11.5. The van der Waals surface area contributed by atoms with Gasteiger partial charge in [0.15, 0.2) is 15.7 Å². The maximum Gasteiger partial charge on any atom is 0.166 e. The largest absolute Gasteiger partial charge is 0.228 e. The van der Waals surface area contributed by atoms with Gasteiger partial charge >= 0.3 is 0 Å². The second-order valence-corrected chi connectivity index (χ2v) is 6.40. The van der Waals surface area contributed by atoms with Crippen LogP contribution in [0.1, 0.15) is 44.5 Å². The van der Waals surface area contributed by atoms with E-state index in [1.807, 2.05) is 6.92 Å². The van der Waals surface area contributed by atoms with Crippen molar-refractivity contribution in [2.24, 2.45) is 0 Å².